The van der Waals surface area contributed by atoms with Crippen LogP contribution in [-0.2, 0) is 28.5 Å². The van der Waals surface area contributed by atoms with Gasteiger partial charge in [0, 0.05) is 19.8 Å². The lowest BCUT2D eigenvalue weighted by atomic mass is 10.0. The molecular formula is C13H18O6. The van der Waals surface area contributed by atoms with Gasteiger partial charge in [-0.15, -0.1) is 6.42 Å². The first-order valence-corrected chi connectivity index (χ1v) is 5.96. The van der Waals surface area contributed by atoms with Crippen LogP contribution < -0.4 is 0 Å². The standard InChI is InChI=1S/C13H18O6/c1-5-6-16-7-11-8(2)12(17-9(3)14)13(19-11)18-10(4)15/h1,8,11-13H,6-7H2,2-4H3/t8-,11?,12-,13-/m1/s1. The maximum absolute atomic E-state index is 11.1. The van der Waals surface area contributed by atoms with Crippen LogP contribution >= 0.6 is 0 Å². The zero-order valence-corrected chi connectivity index (χ0v) is 11.3. The van der Waals surface area contributed by atoms with Crippen LogP contribution in [0.1, 0.15) is 20.8 Å². The van der Waals surface area contributed by atoms with Gasteiger partial charge in [0.1, 0.15) is 6.61 Å². The van der Waals surface area contributed by atoms with E-state index in [0.717, 1.165) is 0 Å². The summed E-state index contributed by atoms with van der Waals surface area (Å²) in [6.07, 6.45) is 3.19. The summed E-state index contributed by atoms with van der Waals surface area (Å²) in [6, 6.07) is 0. The molecule has 0 amide bonds. The van der Waals surface area contributed by atoms with Gasteiger partial charge in [0.15, 0.2) is 6.10 Å². The molecule has 0 spiro atoms. The number of hydrogen-bond acceptors (Lipinski definition) is 6. The molecule has 19 heavy (non-hydrogen) atoms. The molecule has 1 saturated heterocycles. The second-order valence-electron chi connectivity index (χ2n) is 4.30. The molecule has 0 aromatic heterocycles. The maximum Gasteiger partial charge on any atom is 0.305 e. The van der Waals surface area contributed by atoms with Gasteiger partial charge in [-0.25, -0.2) is 0 Å². The van der Waals surface area contributed by atoms with Crippen LogP contribution in [-0.4, -0.2) is 43.7 Å². The van der Waals surface area contributed by atoms with Crippen LogP contribution in [0.15, 0.2) is 0 Å². The molecule has 0 bridgehead atoms. The third kappa shape index (κ3) is 4.54. The van der Waals surface area contributed by atoms with E-state index >= 15 is 0 Å². The van der Waals surface area contributed by atoms with Crippen molar-refractivity contribution in [2.45, 2.75) is 39.3 Å². The van der Waals surface area contributed by atoms with E-state index in [2.05, 4.69) is 5.92 Å². The Kier molecular flexibility index (Phi) is 5.80. The largest absolute Gasteiger partial charge is 0.455 e. The van der Waals surface area contributed by atoms with Gasteiger partial charge in [-0.05, 0) is 0 Å². The number of ether oxygens (including phenoxy) is 4. The monoisotopic (exact) mass is 270 g/mol. The summed E-state index contributed by atoms with van der Waals surface area (Å²) in [7, 11) is 0. The molecule has 0 N–H and O–H groups in total. The highest BCUT2D eigenvalue weighted by molar-refractivity contribution is 5.67. The van der Waals surface area contributed by atoms with Gasteiger partial charge < -0.3 is 18.9 Å². The maximum atomic E-state index is 11.1. The van der Waals surface area contributed by atoms with Crippen LogP contribution in [0.2, 0.25) is 0 Å². The molecule has 0 aromatic carbocycles. The van der Waals surface area contributed by atoms with Gasteiger partial charge in [-0.2, -0.15) is 0 Å². The van der Waals surface area contributed by atoms with Crippen molar-refractivity contribution < 1.29 is 28.5 Å². The Labute approximate surface area is 112 Å². The lowest BCUT2D eigenvalue weighted by Gasteiger charge is -2.20. The fraction of sp³-hybridized carbons (Fsp3) is 0.692. The van der Waals surface area contributed by atoms with E-state index in [0.29, 0.717) is 0 Å². The number of hydrogen-bond donors (Lipinski definition) is 0. The topological polar surface area (TPSA) is 71.1 Å². The normalized spacial score (nSPS) is 29.6. The van der Waals surface area contributed by atoms with E-state index in [-0.39, 0.29) is 25.2 Å². The smallest absolute Gasteiger partial charge is 0.305 e. The highest BCUT2D eigenvalue weighted by Gasteiger charge is 2.46. The molecule has 0 aliphatic carbocycles. The lowest BCUT2D eigenvalue weighted by Crippen LogP contribution is -2.34. The van der Waals surface area contributed by atoms with Crippen molar-refractivity contribution in [2.24, 2.45) is 5.92 Å². The highest BCUT2D eigenvalue weighted by atomic mass is 16.7. The Balaban J connectivity index is 2.66. The Morgan fingerprint density at radius 2 is 1.89 bits per heavy atom. The van der Waals surface area contributed by atoms with E-state index in [4.69, 9.17) is 25.4 Å². The predicted octanol–water partition coefficient (Wildman–Crippen LogP) is 0.492. The molecule has 1 aliphatic heterocycles. The Morgan fingerprint density at radius 3 is 2.42 bits per heavy atom. The minimum atomic E-state index is -0.907. The first-order chi connectivity index (χ1) is 8.95. The minimum Gasteiger partial charge on any atom is -0.455 e. The summed E-state index contributed by atoms with van der Waals surface area (Å²) in [6.45, 7) is 4.81. The summed E-state index contributed by atoms with van der Waals surface area (Å²) in [5.41, 5.74) is 0. The summed E-state index contributed by atoms with van der Waals surface area (Å²) in [5.74, 6) is 1.23. The molecule has 0 radical (unpaired) electrons. The molecule has 1 unspecified atom stereocenters. The van der Waals surface area contributed by atoms with Crippen LogP contribution in [0, 0.1) is 18.3 Å². The van der Waals surface area contributed by atoms with E-state index in [1.165, 1.54) is 13.8 Å². The van der Waals surface area contributed by atoms with Crippen LogP contribution in [0.4, 0.5) is 0 Å². The molecule has 1 aliphatic rings. The molecule has 0 saturated carbocycles. The van der Waals surface area contributed by atoms with Gasteiger partial charge in [-0.3, -0.25) is 9.59 Å². The van der Waals surface area contributed by atoms with Crippen LogP contribution in [0.5, 0.6) is 0 Å². The Hall–Kier alpha value is -1.58. The van der Waals surface area contributed by atoms with Gasteiger partial charge in [0.25, 0.3) is 0 Å². The number of terminal acetylenes is 1. The summed E-state index contributed by atoms with van der Waals surface area (Å²) in [5, 5.41) is 0. The second-order valence-corrected chi connectivity index (χ2v) is 4.30. The van der Waals surface area contributed by atoms with Gasteiger partial charge in [0.05, 0.1) is 12.7 Å². The molecule has 6 heteroatoms. The average molecular weight is 270 g/mol. The summed E-state index contributed by atoms with van der Waals surface area (Å²) < 4.78 is 20.9. The number of esters is 2. The Bertz CT molecular complexity index is 372. The molecule has 4 atom stereocenters. The highest BCUT2D eigenvalue weighted by Crippen LogP contribution is 2.30. The number of carbonyl (C=O) groups excluding carboxylic acids is 2. The van der Waals surface area contributed by atoms with Crippen molar-refractivity contribution in [3.8, 4) is 12.3 Å². The molecule has 6 nitrogen and oxygen atoms in total. The summed E-state index contributed by atoms with van der Waals surface area (Å²) in [4.78, 5) is 22.1. The zero-order chi connectivity index (χ0) is 14.4. The van der Waals surface area contributed by atoms with Crippen molar-refractivity contribution >= 4 is 11.9 Å². The quantitative estimate of drug-likeness (QED) is 0.411. The molecular weight excluding hydrogens is 252 g/mol. The van der Waals surface area contributed by atoms with Crippen molar-refractivity contribution in [1.82, 2.24) is 0 Å². The predicted molar refractivity (Wildman–Crippen MR) is 64.8 cm³/mol. The molecule has 1 rings (SSSR count). The third-order valence-electron chi connectivity index (χ3n) is 2.73. The van der Waals surface area contributed by atoms with Crippen molar-refractivity contribution in [1.29, 1.82) is 0 Å². The molecule has 106 valence electrons. The van der Waals surface area contributed by atoms with Gasteiger partial charge in [-0.1, -0.05) is 12.8 Å². The van der Waals surface area contributed by atoms with Crippen molar-refractivity contribution in [2.75, 3.05) is 13.2 Å². The molecule has 1 fully saturated rings. The van der Waals surface area contributed by atoms with E-state index < -0.39 is 24.3 Å². The second kappa shape index (κ2) is 7.12. The lowest BCUT2D eigenvalue weighted by molar-refractivity contribution is -0.196. The first-order valence-electron chi connectivity index (χ1n) is 5.96. The van der Waals surface area contributed by atoms with Gasteiger partial charge >= 0.3 is 11.9 Å². The first kappa shape index (κ1) is 15.5. The Morgan fingerprint density at radius 1 is 1.26 bits per heavy atom. The van der Waals surface area contributed by atoms with Gasteiger partial charge in [0.2, 0.25) is 6.29 Å². The SMILES string of the molecule is C#CCOCC1O[C@@H](OC(C)=O)[C@H](OC(C)=O)[C@@H]1C. The number of carbonyl (C=O) groups is 2. The van der Waals surface area contributed by atoms with E-state index in [1.807, 2.05) is 6.92 Å². The fourth-order valence-electron chi connectivity index (χ4n) is 1.87. The molecule has 0 aromatic rings. The van der Waals surface area contributed by atoms with Crippen LogP contribution in [0.25, 0.3) is 0 Å². The van der Waals surface area contributed by atoms with Crippen molar-refractivity contribution in [3.05, 3.63) is 0 Å². The zero-order valence-electron chi connectivity index (χ0n) is 11.3. The molecule has 1 heterocycles. The van der Waals surface area contributed by atoms with Crippen LogP contribution in [0.3, 0.4) is 0 Å². The number of rotatable bonds is 5. The fourth-order valence-corrected chi connectivity index (χ4v) is 1.87. The third-order valence-corrected chi connectivity index (χ3v) is 2.73. The van der Waals surface area contributed by atoms with E-state index in [1.54, 1.807) is 0 Å². The van der Waals surface area contributed by atoms with Crippen molar-refractivity contribution in [3.63, 3.8) is 0 Å². The average Bonchev–Trinajstić information content (AvgIpc) is 2.57. The minimum absolute atomic E-state index is 0.161. The van der Waals surface area contributed by atoms with E-state index in [9.17, 15) is 9.59 Å². The summed E-state index contributed by atoms with van der Waals surface area (Å²) >= 11 is 0.